The van der Waals surface area contributed by atoms with E-state index in [1.807, 2.05) is 24.3 Å². The number of aryl methyl sites for hydroxylation is 1. The van der Waals surface area contributed by atoms with Gasteiger partial charge in [-0.1, -0.05) is 43.7 Å². The Balaban J connectivity index is 2.13. The maximum absolute atomic E-state index is 12.3. The van der Waals surface area contributed by atoms with Crippen LogP contribution in [0.3, 0.4) is 0 Å². The average molecular weight is 297 g/mol. The molecule has 4 heteroatoms. The minimum absolute atomic E-state index is 0.168. The van der Waals surface area contributed by atoms with E-state index in [-0.39, 0.29) is 12.3 Å². The van der Waals surface area contributed by atoms with Crippen molar-refractivity contribution in [3.8, 4) is 0 Å². The number of carboxylic acid groups (broad SMARTS) is 1. The van der Waals surface area contributed by atoms with E-state index in [0.717, 1.165) is 12.8 Å². The van der Waals surface area contributed by atoms with Crippen LogP contribution in [-0.2, 0) is 17.6 Å². The van der Waals surface area contributed by atoms with Gasteiger partial charge in [-0.2, -0.15) is 0 Å². The zero-order valence-corrected chi connectivity index (χ0v) is 12.5. The molecule has 0 aliphatic rings. The number of amides is 1. The Morgan fingerprint density at radius 2 is 1.73 bits per heavy atom. The maximum atomic E-state index is 12.3. The highest BCUT2D eigenvalue weighted by Gasteiger charge is 2.13. The Bertz CT molecular complexity index is 662. The third-order valence-corrected chi connectivity index (χ3v) is 3.35. The van der Waals surface area contributed by atoms with Gasteiger partial charge in [0.2, 0.25) is 0 Å². The fourth-order valence-electron chi connectivity index (χ4n) is 2.30. The molecule has 0 saturated carbocycles. The van der Waals surface area contributed by atoms with E-state index < -0.39 is 5.97 Å². The molecule has 2 rings (SSSR count). The van der Waals surface area contributed by atoms with Gasteiger partial charge < -0.3 is 10.4 Å². The van der Waals surface area contributed by atoms with Crippen LogP contribution in [0.15, 0.2) is 48.5 Å². The van der Waals surface area contributed by atoms with Crippen molar-refractivity contribution in [1.29, 1.82) is 0 Å². The molecule has 0 bridgehead atoms. The smallest absolute Gasteiger partial charge is 0.307 e. The first kappa shape index (κ1) is 15.8. The predicted molar refractivity (Wildman–Crippen MR) is 86.2 cm³/mol. The third kappa shape index (κ3) is 4.19. The van der Waals surface area contributed by atoms with Gasteiger partial charge in [-0.25, -0.2) is 0 Å². The van der Waals surface area contributed by atoms with Crippen LogP contribution >= 0.6 is 0 Å². The summed E-state index contributed by atoms with van der Waals surface area (Å²) in [5.74, 6) is -1.25. The van der Waals surface area contributed by atoms with Crippen LogP contribution in [0.1, 0.15) is 34.8 Å². The van der Waals surface area contributed by atoms with Gasteiger partial charge in [0.05, 0.1) is 6.42 Å². The van der Waals surface area contributed by atoms with Gasteiger partial charge in [0.1, 0.15) is 0 Å². The topological polar surface area (TPSA) is 66.4 Å². The number of carboxylic acids is 1. The van der Waals surface area contributed by atoms with Gasteiger partial charge in [-0.05, 0) is 35.7 Å². The van der Waals surface area contributed by atoms with Crippen molar-refractivity contribution in [2.45, 2.75) is 26.2 Å². The molecule has 22 heavy (non-hydrogen) atoms. The van der Waals surface area contributed by atoms with Gasteiger partial charge >= 0.3 is 5.97 Å². The highest BCUT2D eigenvalue weighted by molar-refractivity contribution is 6.05. The largest absolute Gasteiger partial charge is 0.481 e. The summed E-state index contributed by atoms with van der Waals surface area (Å²) in [6.07, 6.45) is 1.92. The molecule has 0 radical (unpaired) electrons. The normalized spacial score (nSPS) is 10.2. The first-order valence-corrected chi connectivity index (χ1v) is 7.30. The second-order valence-corrected chi connectivity index (χ2v) is 5.13. The molecule has 0 fully saturated rings. The van der Waals surface area contributed by atoms with Crippen LogP contribution in [0, 0.1) is 0 Å². The molecule has 114 valence electrons. The lowest BCUT2D eigenvalue weighted by atomic mass is 10.0. The average Bonchev–Trinajstić information content (AvgIpc) is 2.49. The number of carbonyl (C=O) groups excluding carboxylic acids is 1. The molecule has 2 aromatic rings. The van der Waals surface area contributed by atoms with Gasteiger partial charge in [-0.3, -0.25) is 9.59 Å². The fourth-order valence-corrected chi connectivity index (χ4v) is 2.30. The lowest BCUT2D eigenvalue weighted by molar-refractivity contribution is -0.136. The van der Waals surface area contributed by atoms with Crippen LogP contribution in [0.5, 0.6) is 0 Å². The molecule has 0 spiro atoms. The molecule has 1 amide bonds. The van der Waals surface area contributed by atoms with Gasteiger partial charge in [-0.15, -0.1) is 0 Å². The Kier molecular flexibility index (Phi) is 5.31. The lowest BCUT2D eigenvalue weighted by Gasteiger charge is -2.09. The quantitative estimate of drug-likeness (QED) is 0.857. The lowest BCUT2D eigenvalue weighted by Crippen LogP contribution is -2.15. The molecule has 0 aliphatic carbocycles. The molecule has 0 aliphatic heterocycles. The maximum Gasteiger partial charge on any atom is 0.307 e. The summed E-state index contributed by atoms with van der Waals surface area (Å²) in [7, 11) is 0. The first-order valence-electron chi connectivity index (χ1n) is 7.30. The first-order chi connectivity index (χ1) is 10.6. The minimum atomic E-state index is -0.954. The SMILES string of the molecule is CCCc1ccc(NC(=O)c2ccccc2CC(=O)O)cc1. The summed E-state index contributed by atoms with van der Waals surface area (Å²) in [5, 5.41) is 11.7. The minimum Gasteiger partial charge on any atom is -0.481 e. The Morgan fingerprint density at radius 1 is 1.05 bits per heavy atom. The Morgan fingerprint density at radius 3 is 2.36 bits per heavy atom. The second-order valence-electron chi connectivity index (χ2n) is 5.13. The van der Waals surface area contributed by atoms with Crippen LogP contribution < -0.4 is 5.32 Å². The van der Waals surface area contributed by atoms with E-state index in [0.29, 0.717) is 16.8 Å². The number of hydrogen-bond acceptors (Lipinski definition) is 2. The highest BCUT2D eigenvalue weighted by atomic mass is 16.4. The summed E-state index contributed by atoms with van der Waals surface area (Å²) >= 11 is 0. The number of carbonyl (C=O) groups is 2. The summed E-state index contributed by atoms with van der Waals surface area (Å²) in [6, 6.07) is 14.5. The number of anilines is 1. The highest BCUT2D eigenvalue weighted by Crippen LogP contribution is 2.15. The molecular formula is C18H19NO3. The summed E-state index contributed by atoms with van der Waals surface area (Å²) < 4.78 is 0. The molecule has 0 heterocycles. The van der Waals surface area contributed by atoms with Crippen molar-refractivity contribution in [2.24, 2.45) is 0 Å². The monoisotopic (exact) mass is 297 g/mol. The standard InChI is InChI=1S/C18H19NO3/c1-2-5-13-8-10-15(11-9-13)19-18(22)16-7-4-3-6-14(16)12-17(20)21/h3-4,6-11H,2,5,12H2,1H3,(H,19,22)(H,20,21). The van der Waals surface area contributed by atoms with Gasteiger partial charge in [0.15, 0.2) is 0 Å². The second kappa shape index (κ2) is 7.41. The molecule has 2 N–H and O–H groups in total. The number of aliphatic carboxylic acids is 1. The van der Waals surface area contributed by atoms with Crippen LogP contribution in [0.2, 0.25) is 0 Å². The van der Waals surface area contributed by atoms with E-state index in [9.17, 15) is 9.59 Å². The van der Waals surface area contributed by atoms with Crippen LogP contribution in [0.4, 0.5) is 5.69 Å². The molecule has 0 saturated heterocycles. The zero-order chi connectivity index (χ0) is 15.9. The fraction of sp³-hybridized carbons (Fsp3) is 0.222. The molecule has 0 aromatic heterocycles. The summed E-state index contributed by atoms with van der Waals surface area (Å²) in [4.78, 5) is 23.2. The van der Waals surface area contributed by atoms with E-state index in [2.05, 4.69) is 12.2 Å². The van der Waals surface area contributed by atoms with Crippen molar-refractivity contribution < 1.29 is 14.7 Å². The van der Waals surface area contributed by atoms with Crippen molar-refractivity contribution in [1.82, 2.24) is 0 Å². The van der Waals surface area contributed by atoms with Gasteiger partial charge in [0.25, 0.3) is 5.91 Å². The van der Waals surface area contributed by atoms with Crippen molar-refractivity contribution >= 4 is 17.6 Å². The van der Waals surface area contributed by atoms with Crippen LogP contribution in [-0.4, -0.2) is 17.0 Å². The Hall–Kier alpha value is -2.62. The zero-order valence-electron chi connectivity index (χ0n) is 12.5. The molecule has 4 nitrogen and oxygen atoms in total. The molecule has 0 unspecified atom stereocenters. The van der Waals surface area contributed by atoms with E-state index in [1.54, 1.807) is 24.3 Å². The third-order valence-electron chi connectivity index (χ3n) is 3.35. The van der Waals surface area contributed by atoms with E-state index in [4.69, 9.17) is 5.11 Å². The predicted octanol–water partition coefficient (Wildman–Crippen LogP) is 3.52. The van der Waals surface area contributed by atoms with Crippen LogP contribution in [0.25, 0.3) is 0 Å². The summed E-state index contributed by atoms with van der Waals surface area (Å²) in [5.41, 5.74) is 2.83. The molecular weight excluding hydrogens is 278 g/mol. The van der Waals surface area contributed by atoms with E-state index >= 15 is 0 Å². The number of hydrogen-bond donors (Lipinski definition) is 2. The molecule has 2 aromatic carbocycles. The van der Waals surface area contributed by atoms with Crippen molar-refractivity contribution in [2.75, 3.05) is 5.32 Å². The molecule has 0 atom stereocenters. The Labute approximate surface area is 129 Å². The van der Waals surface area contributed by atoms with Gasteiger partial charge in [0, 0.05) is 11.3 Å². The number of benzene rings is 2. The van der Waals surface area contributed by atoms with Crippen molar-refractivity contribution in [3.05, 3.63) is 65.2 Å². The van der Waals surface area contributed by atoms with E-state index in [1.165, 1.54) is 5.56 Å². The number of rotatable bonds is 6. The number of nitrogens with one attached hydrogen (secondary N) is 1. The summed E-state index contributed by atoms with van der Waals surface area (Å²) in [6.45, 7) is 2.12. The van der Waals surface area contributed by atoms with Crippen molar-refractivity contribution in [3.63, 3.8) is 0 Å².